The number of carbonyl (C=O) groups is 1. The Kier molecular flexibility index (Phi) is 4.09. The Morgan fingerprint density at radius 1 is 1.50 bits per heavy atom. The average molecular weight is 270 g/mol. The van der Waals surface area contributed by atoms with Crippen LogP contribution in [0.4, 0.5) is 0 Å². The lowest BCUT2D eigenvalue weighted by molar-refractivity contribution is 0.0996. The summed E-state index contributed by atoms with van der Waals surface area (Å²) < 4.78 is 10.9. The van der Waals surface area contributed by atoms with Gasteiger partial charge in [-0.1, -0.05) is 11.6 Å². The van der Waals surface area contributed by atoms with E-state index in [0.717, 1.165) is 0 Å². The zero-order valence-corrected chi connectivity index (χ0v) is 11.0. The lowest BCUT2D eigenvalue weighted by atomic mass is 10.1. The molecule has 1 fully saturated rings. The Morgan fingerprint density at radius 3 is 2.78 bits per heavy atom. The van der Waals surface area contributed by atoms with Crippen LogP contribution in [0, 0.1) is 5.92 Å². The molecule has 0 radical (unpaired) electrons. The van der Waals surface area contributed by atoms with E-state index in [1.807, 2.05) is 0 Å². The molecular formula is C13H16ClNO3. The second-order valence-electron chi connectivity index (χ2n) is 4.34. The van der Waals surface area contributed by atoms with E-state index in [4.69, 9.17) is 26.8 Å². The number of halogens is 1. The highest BCUT2D eigenvalue weighted by atomic mass is 35.5. The number of methoxy groups -OCH3 is 1. The average Bonchev–Trinajstić information content (AvgIpc) is 3.19. The van der Waals surface area contributed by atoms with Crippen molar-refractivity contribution < 1.29 is 14.3 Å². The molecule has 1 aliphatic carbocycles. The molecular weight excluding hydrogens is 254 g/mol. The molecule has 0 bridgehead atoms. The zero-order valence-electron chi connectivity index (χ0n) is 10.2. The highest BCUT2D eigenvalue weighted by molar-refractivity contribution is 6.34. The van der Waals surface area contributed by atoms with E-state index in [-0.39, 0.29) is 12.3 Å². The summed E-state index contributed by atoms with van der Waals surface area (Å²) in [4.78, 5) is 11.8. The van der Waals surface area contributed by atoms with Gasteiger partial charge in [0.15, 0.2) is 17.3 Å². The normalized spacial score (nSPS) is 14.4. The highest BCUT2D eigenvalue weighted by Gasteiger charge is 2.25. The Bertz CT molecular complexity index is 458. The molecule has 1 aromatic rings. The molecule has 0 amide bonds. The molecule has 2 N–H and O–H groups in total. The highest BCUT2D eigenvalue weighted by Crippen LogP contribution is 2.38. The van der Waals surface area contributed by atoms with Gasteiger partial charge in [-0.15, -0.1) is 0 Å². The summed E-state index contributed by atoms with van der Waals surface area (Å²) in [5.41, 5.74) is 5.72. The summed E-state index contributed by atoms with van der Waals surface area (Å²) >= 11 is 6.05. The van der Waals surface area contributed by atoms with Gasteiger partial charge in [-0.3, -0.25) is 4.79 Å². The quantitative estimate of drug-likeness (QED) is 0.805. The van der Waals surface area contributed by atoms with Gasteiger partial charge < -0.3 is 15.2 Å². The van der Waals surface area contributed by atoms with E-state index in [2.05, 4.69) is 0 Å². The van der Waals surface area contributed by atoms with Gasteiger partial charge in [0.25, 0.3) is 0 Å². The predicted molar refractivity (Wildman–Crippen MR) is 69.6 cm³/mol. The number of hydrogen-bond acceptors (Lipinski definition) is 4. The van der Waals surface area contributed by atoms with Crippen LogP contribution in [0.3, 0.4) is 0 Å². The number of Topliss-reactive ketones (excluding diaryl/α,β-unsaturated/α-hetero) is 1. The molecule has 18 heavy (non-hydrogen) atoms. The van der Waals surface area contributed by atoms with Gasteiger partial charge in [0.1, 0.15) is 0 Å². The molecule has 1 aliphatic rings. The molecule has 0 spiro atoms. The molecule has 0 atom stereocenters. The van der Waals surface area contributed by atoms with Gasteiger partial charge in [0.05, 0.1) is 30.8 Å². The van der Waals surface area contributed by atoms with Gasteiger partial charge in [0, 0.05) is 0 Å². The molecule has 1 saturated carbocycles. The number of ketones is 1. The van der Waals surface area contributed by atoms with Crippen LogP contribution in [0.5, 0.6) is 11.5 Å². The van der Waals surface area contributed by atoms with Crippen LogP contribution >= 0.6 is 11.6 Å². The molecule has 4 nitrogen and oxygen atoms in total. The van der Waals surface area contributed by atoms with Gasteiger partial charge >= 0.3 is 0 Å². The minimum absolute atomic E-state index is 0.104. The first-order valence-electron chi connectivity index (χ1n) is 5.90. The van der Waals surface area contributed by atoms with Crippen LogP contribution in [0.25, 0.3) is 0 Å². The van der Waals surface area contributed by atoms with Gasteiger partial charge in [-0.25, -0.2) is 0 Å². The Morgan fingerprint density at radius 2 is 2.22 bits per heavy atom. The van der Waals surface area contributed by atoms with Gasteiger partial charge in [0.2, 0.25) is 0 Å². The minimum Gasteiger partial charge on any atom is -0.493 e. The fraction of sp³-hybridized carbons (Fsp3) is 0.462. The third kappa shape index (κ3) is 2.76. The van der Waals surface area contributed by atoms with E-state index >= 15 is 0 Å². The van der Waals surface area contributed by atoms with Crippen LogP contribution in [-0.4, -0.2) is 26.0 Å². The summed E-state index contributed by atoms with van der Waals surface area (Å²) in [5, 5.41) is 0.344. The first-order valence-corrected chi connectivity index (χ1v) is 6.27. The van der Waals surface area contributed by atoms with Crippen molar-refractivity contribution in [1.29, 1.82) is 0 Å². The smallest absolute Gasteiger partial charge is 0.181 e. The van der Waals surface area contributed by atoms with Crippen LogP contribution in [0.15, 0.2) is 12.1 Å². The number of rotatable bonds is 6. The maximum atomic E-state index is 11.8. The number of nitrogens with two attached hydrogens (primary N) is 1. The fourth-order valence-electron chi connectivity index (χ4n) is 1.69. The van der Waals surface area contributed by atoms with E-state index in [9.17, 15) is 4.79 Å². The van der Waals surface area contributed by atoms with E-state index in [0.29, 0.717) is 34.6 Å². The van der Waals surface area contributed by atoms with Crippen molar-refractivity contribution in [2.75, 3.05) is 20.3 Å². The number of benzene rings is 1. The summed E-state index contributed by atoms with van der Waals surface area (Å²) in [6.45, 7) is 0.480. The van der Waals surface area contributed by atoms with Crippen molar-refractivity contribution in [3.05, 3.63) is 22.7 Å². The van der Waals surface area contributed by atoms with E-state index in [1.54, 1.807) is 12.1 Å². The first kappa shape index (κ1) is 13.2. The zero-order chi connectivity index (χ0) is 13.1. The number of carbonyl (C=O) groups excluding carboxylic acids is 1. The second kappa shape index (κ2) is 5.59. The third-order valence-electron chi connectivity index (χ3n) is 2.92. The molecule has 1 aromatic carbocycles. The van der Waals surface area contributed by atoms with Crippen LogP contribution < -0.4 is 15.2 Å². The van der Waals surface area contributed by atoms with E-state index < -0.39 is 0 Å². The van der Waals surface area contributed by atoms with Crippen molar-refractivity contribution in [3.8, 4) is 11.5 Å². The molecule has 0 aromatic heterocycles. The Balaban J connectivity index is 2.35. The standard InChI is InChI=1S/C13H16ClNO3/c1-17-11-5-4-9(14)12(10(16)6-15)13(11)18-7-8-2-3-8/h4-5,8H,2-3,6-7,15H2,1H3. The van der Waals surface area contributed by atoms with Crippen molar-refractivity contribution in [3.63, 3.8) is 0 Å². The topological polar surface area (TPSA) is 61.5 Å². The lowest BCUT2D eigenvalue weighted by Crippen LogP contribution is -2.16. The summed E-state index contributed by atoms with van der Waals surface area (Å²) in [6.07, 6.45) is 2.34. The van der Waals surface area contributed by atoms with Crippen molar-refractivity contribution in [1.82, 2.24) is 0 Å². The summed E-state index contributed by atoms with van der Waals surface area (Å²) in [7, 11) is 1.53. The van der Waals surface area contributed by atoms with Gasteiger partial charge in [-0.05, 0) is 30.9 Å². The molecule has 5 heteroatoms. The number of ether oxygens (including phenoxy) is 2. The molecule has 0 aliphatic heterocycles. The Labute approximate surface area is 111 Å². The Hall–Kier alpha value is -1.26. The first-order chi connectivity index (χ1) is 8.67. The van der Waals surface area contributed by atoms with E-state index in [1.165, 1.54) is 20.0 Å². The van der Waals surface area contributed by atoms with Crippen molar-refractivity contribution in [2.45, 2.75) is 12.8 Å². The maximum absolute atomic E-state index is 11.8. The largest absolute Gasteiger partial charge is 0.493 e. The monoisotopic (exact) mass is 269 g/mol. The van der Waals surface area contributed by atoms with Crippen molar-refractivity contribution in [2.24, 2.45) is 11.7 Å². The van der Waals surface area contributed by atoms with Gasteiger partial charge in [-0.2, -0.15) is 0 Å². The van der Waals surface area contributed by atoms with Crippen molar-refractivity contribution >= 4 is 17.4 Å². The van der Waals surface area contributed by atoms with Crippen LogP contribution in [0.1, 0.15) is 23.2 Å². The fourth-order valence-corrected chi connectivity index (χ4v) is 1.95. The third-order valence-corrected chi connectivity index (χ3v) is 3.23. The lowest BCUT2D eigenvalue weighted by Gasteiger charge is -2.15. The number of hydrogen-bond donors (Lipinski definition) is 1. The molecule has 0 heterocycles. The van der Waals surface area contributed by atoms with Crippen LogP contribution in [0.2, 0.25) is 5.02 Å². The SMILES string of the molecule is COc1ccc(Cl)c(C(=O)CN)c1OCC1CC1. The summed E-state index contributed by atoms with van der Waals surface area (Å²) in [5.74, 6) is 1.25. The molecule has 2 rings (SSSR count). The van der Waals surface area contributed by atoms with Crippen LogP contribution in [-0.2, 0) is 0 Å². The molecule has 98 valence electrons. The second-order valence-corrected chi connectivity index (χ2v) is 4.74. The molecule has 0 saturated heterocycles. The molecule has 0 unspecified atom stereocenters. The predicted octanol–water partition coefficient (Wildman–Crippen LogP) is 2.28. The maximum Gasteiger partial charge on any atom is 0.181 e. The minimum atomic E-state index is -0.246. The summed E-state index contributed by atoms with van der Waals surface area (Å²) in [6, 6.07) is 3.31.